The summed E-state index contributed by atoms with van der Waals surface area (Å²) in [6.07, 6.45) is 6.38. The zero-order chi connectivity index (χ0) is 17.6. The smallest absolute Gasteiger partial charge is 0.220 e. The summed E-state index contributed by atoms with van der Waals surface area (Å²) in [7, 11) is 0. The van der Waals surface area contributed by atoms with Gasteiger partial charge in [0, 0.05) is 24.1 Å². The van der Waals surface area contributed by atoms with Gasteiger partial charge in [0.25, 0.3) is 0 Å². The molecule has 0 radical (unpaired) electrons. The van der Waals surface area contributed by atoms with Crippen molar-refractivity contribution >= 4 is 5.91 Å². The molecule has 1 aliphatic carbocycles. The van der Waals surface area contributed by atoms with Crippen LogP contribution in [-0.2, 0) is 11.2 Å². The standard InChI is InChI=1S/C20H23FN2O2/c21-16-6-1-14(2-7-16)3-12-20(25)23-17-8-4-15(5-9-17)19-11-10-18(24)13-22-19/h1-2,6-7,10-11,13,15,17,24H,3-5,8-9,12H2,(H,23,25). The van der Waals surface area contributed by atoms with E-state index in [-0.39, 0.29) is 23.5 Å². The molecule has 1 aliphatic rings. The topological polar surface area (TPSA) is 62.2 Å². The molecule has 1 fully saturated rings. The maximum atomic E-state index is 12.9. The second-order valence-corrected chi connectivity index (χ2v) is 6.68. The van der Waals surface area contributed by atoms with Crippen LogP contribution in [0.25, 0.3) is 0 Å². The molecule has 1 amide bonds. The van der Waals surface area contributed by atoms with Crippen LogP contribution in [0, 0.1) is 5.82 Å². The zero-order valence-corrected chi connectivity index (χ0v) is 14.1. The third-order valence-corrected chi connectivity index (χ3v) is 4.84. The molecule has 0 bridgehead atoms. The molecular formula is C20H23FN2O2. The number of halogens is 1. The van der Waals surface area contributed by atoms with Gasteiger partial charge in [0.1, 0.15) is 11.6 Å². The molecule has 4 nitrogen and oxygen atoms in total. The van der Waals surface area contributed by atoms with Gasteiger partial charge in [0.15, 0.2) is 0 Å². The Balaban J connectivity index is 1.41. The zero-order valence-electron chi connectivity index (χ0n) is 14.1. The van der Waals surface area contributed by atoms with Crippen molar-refractivity contribution in [3.05, 3.63) is 59.7 Å². The van der Waals surface area contributed by atoms with Crippen LogP contribution in [-0.4, -0.2) is 22.0 Å². The van der Waals surface area contributed by atoms with Crippen molar-refractivity contribution in [1.82, 2.24) is 10.3 Å². The third kappa shape index (κ3) is 5.02. The molecule has 2 aromatic rings. The Morgan fingerprint density at radius 3 is 2.48 bits per heavy atom. The van der Waals surface area contributed by atoms with Gasteiger partial charge in [-0.15, -0.1) is 0 Å². The molecule has 5 heteroatoms. The summed E-state index contributed by atoms with van der Waals surface area (Å²) in [4.78, 5) is 16.4. The van der Waals surface area contributed by atoms with E-state index in [1.807, 2.05) is 6.07 Å². The molecule has 1 saturated carbocycles. The summed E-state index contributed by atoms with van der Waals surface area (Å²) >= 11 is 0. The number of carbonyl (C=O) groups is 1. The molecular weight excluding hydrogens is 319 g/mol. The SMILES string of the molecule is O=C(CCc1ccc(F)cc1)NC1CCC(c2ccc(O)cn2)CC1. The predicted octanol–water partition coefficient (Wildman–Crippen LogP) is 3.70. The van der Waals surface area contributed by atoms with Crippen molar-refractivity contribution < 1.29 is 14.3 Å². The first kappa shape index (κ1) is 17.4. The number of nitrogens with zero attached hydrogens (tertiary/aromatic N) is 1. The van der Waals surface area contributed by atoms with E-state index >= 15 is 0 Å². The minimum absolute atomic E-state index is 0.0514. The fraction of sp³-hybridized carbons (Fsp3) is 0.400. The number of aromatic nitrogens is 1. The average molecular weight is 342 g/mol. The molecule has 1 aromatic heterocycles. The van der Waals surface area contributed by atoms with Gasteiger partial charge < -0.3 is 10.4 Å². The molecule has 0 saturated heterocycles. The van der Waals surface area contributed by atoms with E-state index < -0.39 is 0 Å². The maximum Gasteiger partial charge on any atom is 0.220 e. The first-order chi connectivity index (χ1) is 12.1. The highest BCUT2D eigenvalue weighted by Crippen LogP contribution is 2.32. The van der Waals surface area contributed by atoms with Gasteiger partial charge in [-0.3, -0.25) is 9.78 Å². The number of pyridine rings is 1. The molecule has 25 heavy (non-hydrogen) atoms. The number of aromatic hydroxyl groups is 1. The Labute approximate surface area is 147 Å². The van der Waals surface area contributed by atoms with Crippen molar-refractivity contribution in [3.8, 4) is 5.75 Å². The van der Waals surface area contributed by atoms with E-state index in [1.165, 1.54) is 18.3 Å². The lowest BCUT2D eigenvalue weighted by atomic mass is 9.84. The monoisotopic (exact) mass is 342 g/mol. The van der Waals surface area contributed by atoms with Crippen molar-refractivity contribution in [1.29, 1.82) is 0 Å². The minimum atomic E-state index is -0.256. The van der Waals surface area contributed by atoms with Gasteiger partial charge in [-0.05, 0) is 61.9 Å². The Bertz CT molecular complexity index is 693. The summed E-state index contributed by atoms with van der Waals surface area (Å²) in [5.74, 6) is 0.377. The van der Waals surface area contributed by atoms with Crippen molar-refractivity contribution in [2.24, 2.45) is 0 Å². The number of hydrogen-bond donors (Lipinski definition) is 2. The molecule has 3 rings (SSSR count). The normalized spacial score (nSPS) is 20.2. The second-order valence-electron chi connectivity index (χ2n) is 6.68. The van der Waals surface area contributed by atoms with E-state index in [9.17, 15) is 14.3 Å². The van der Waals surface area contributed by atoms with Crippen LogP contribution in [0.4, 0.5) is 4.39 Å². The largest absolute Gasteiger partial charge is 0.506 e. The van der Waals surface area contributed by atoms with Crippen LogP contribution in [0.3, 0.4) is 0 Å². The van der Waals surface area contributed by atoms with E-state index in [2.05, 4.69) is 10.3 Å². The molecule has 1 aromatic carbocycles. The Morgan fingerprint density at radius 2 is 1.84 bits per heavy atom. The first-order valence-corrected chi connectivity index (χ1v) is 8.79. The summed E-state index contributed by atoms with van der Waals surface area (Å²) in [6.45, 7) is 0. The second kappa shape index (κ2) is 8.10. The van der Waals surface area contributed by atoms with Gasteiger partial charge in [-0.2, -0.15) is 0 Å². The molecule has 0 spiro atoms. The lowest BCUT2D eigenvalue weighted by Gasteiger charge is -2.28. The van der Waals surface area contributed by atoms with Crippen LogP contribution in [0.2, 0.25) is 0 Å². The number of hydrogen-bond acceptors (Lipinski definition) is 3. The number of carbonyl (C=O) groups excluding carboxylic acids is 1. The lowest BCUT2D eigenvalue weighted by Crippen LogP contribution is -2.37. The molecule has 0 unspecified atom stereocenters. The van der Waals surface area contributed by atoms with E-state index in [0.29, 0.717) is 18.8 Å². The highest BCUT2D eigenvalue weighted by Gasteiger charge is 2.24. The molecule has 132 valence electrons. The highest BCUT2D eigenvalue weighted by molar-refractivity contribution is 5.76. The lowest BCUT2D eigenvalue weighted by molar-refractivity contribution is -0.122. The highest BCUT2D eigenvalue weighted by atomic mass is 19.1. The van der Waals surface area contributed by atoms with Crippen LogP contribution < -0.4 is 5.32 Å². The number of nitrogens with one attached hydrogen (secondary N) is 1. The maximum absolute atomic E-state index is 12.9. The van der Waals surface area contributed by atoms with Gasteiger partial charge in [-0.25, -0.2) is 4.39 Å². The van der Waals surface area contributed by atoms with Crippen molar-refractivity contribution in [3.63, 3.8) is 0 Å². The van der Waals surface area contributed by atoms with E-state index in [0.717, 1.165) is 36.9 Å². The van der Waals surface area contributed by atoms with Crippen LogP contribution >= 0.6 is 0 Å². The predicted molar refractivity (Wildman–Crippen MR) is 93.8 cm³/mol. The van der Waals surface area contributed by atoms with Gasteiger partial charge in [0.2, 0.25) is 5.91 Å². The summed E-state index contributed by atoms with van der Waals surface area (Å²) in [6, 6.07) is 10.1. The van der Waals surface area contributed by atoms with Gasteiger partial charge in [-0.1, -0.05) is 12.1 Å². The fourth-order valence-corrected chi connectivity index (χ4v) is 3.38. The number of rotatable bonds is 5. The Hall–Kier alpha value is -2.43. The summed E-state index contributed by atoms with van der Waals surface area (Å²) in [5.41, 5.74) is 1.98. The van der Waals surface area contributed by atoms with Crippen LogP contribution in [0.5, 0.6) is 5.75 Å². The van der Waals surface area contributed by atoms with Crippen molar-refractivity contribution in [2.75, 3.05) is 0 Å². The quantitative estimate of drug-likeness (QED) is 0.871. The fourth-order valence-electron chi connectivity index (χ4n) is 3.38. The van der Waals surface area contributed by atoms with Crippen LogP contribution in [0.1, 0.15) is 49.3 Å². The number of aryl methyl sites for hydroxylation is 1. The number of benzene rings is 1. The Morgan fingerprint density at radius 1 is 1.12 bits per heavy atom. The average Bonchev–Trinajstić information content (AvgIpc) is 2.63. The van der Waals surface area contributed by atoms with Gasteiger partial charge >= 0.3 is 0 Å². The molecule has 0 aliphatic heterocycles. The molecule has 2 N–H and O–H groups in total. The van der Waals surface area contributed by atoms with Crippen LogP contribution in [0.15, 0.2) is 42.6 Å². The Kier molecular flexibility index (Phi) is 5.64. The summed E-state index contributed by atoms with van der Waals surface area (Å²) in [5, 5.41) is 12.4. The first-order valence-electron chi connectivity index (χ1n) is 8.79. The summed E-state index contributed by atoms with van der Waals surface area (Å²) < 4.78 is 12.9. The molecule has 0 atom stereocenters. The van der Waals surface area contributed by atoms with E-state index in [4.69, 9.17) is 0 Å². The molecule has 1 heterocycles. The van der Waals surface area contributed by atoms with Gasteiger partial charge in [0.05, 0.1) is 6.20 Å². The van der Waals surface area contributed by atoms with E-state index in [1.54, 1.807) is 18.2 Å². The number of amides is 1. The third-order valence-electron chi connectivity index (χ3n) is 4.84. The minimum Gasteiger partial charge on any atom is -0.506 e. The van der Waals surface area contributed by atoms with Crippen molar-refractivity contribution in [2.45, 2.75) is 50.5 Å².